The maximum Gasteiger partial charge on any atom is 0.172 e. The molecule has 0 spiro atoms. The molecule has 0 unspecified atom stereocenters. The first-order valence-electron chi connectivity index (χ1n) is 7.61. The van der Waals surface area contributed by atoms with Crippen molar-refractivity contribution in [1.29, 1.82) is 0 Å². The van der Waals surface area contributed by atoms with E-state index < -0.39 is 0 Å². The summed E-state index contributed by atoms with van der Waals surface area (Å²) in [5.41, 5.74) is 2.53. The van der Waals surface area contributed by atoms with Gasteiger partial charge in [-0.3, -0.25) is 0 Å². The Balaban J connectivity index is 1.49. The molecule has 22 heavy (non-hydrogen) atoms. The van der Waals surface area contributed by atoms with Gasteiger partial charge in [0.25, 0.3) is 0 Å². The minimum absolute atomic E-state index is 0.585. The van der Waals surface area contributed by atoms with Gasteiger partial charge in [-0.1, -0.05) is 18.2 Å². The quantitative estimate of drug-likeness (QED) is 0.849. The van der Waals surface area contributed by atoms with E-state index in [-0.39, 0.29) is 0 Å². The average molecular weight is 312 g/mol. The van der Waals surface area contributed by atoms with Crippen molar-refractivity contribution in [2.24, 2.45) is 0 Å². The summed E-state index contributed by atoms with van der Waals surface area (Å²) in [6, 6.07) is 14.4. The van der Waals surface area contributed by atoms with Gasteiger partial charge >= 0.3 is 0 Å². The van der Waals surface area contributed by atoms with Crippen molar-refractivity contribution in [2.45, 2.75) is 19.4 Å². The normalized spacial score (nSPS) is 13.9. The lowest BCUT2D eigenvalue weighted by atomic mass is 10.2. The lowest BCUT2D eigenvalue weighted by Gasteiger charge is -2.18. The molecule has 0 saturated carbocycles. The minimum Gasteiger partial charge on any atom is -0.372 e. The van der Waals surface area contributed by atoms with Crippen LogP contribution in [-0.2, 0) is 6.54 Å². The Kier molecular flexibility index (Phi) is 4.85. The van der Waals surface area contributed by atoms with Crippen LogP contribution in [-0.4, -0.2) is 23.2 Å². The van der Waals surface area contributed by atoms with E-state index in [9.17, 15) is 0 Å². The highest BCUT2D eigenvalue weighted by Gasteiger charge is 2.11. The molecule has 2 aromatic rings. The molecular formula is C17H20N4S. The van der Waals surface area contributed by atoms with Crippen LogP contribution in [0.5, 0.6) is 0 Å². The highest BCUT2D eigenvalue weighted by atomic mass is 32.1. The first kappa shape index (κ1) is 14.8. The second kappa shape index (κ2) is 7.22. The van der Waals surface area contributed by atoms with Gasteiger partial charge < -0.3 is 15.5 Å². The van der Waals surface area contributed by atoms with E-state index in [1.807, 2.05) is 18.2 Å². The number of hydrogen-bond donors (Lipinski definition) is 2. The summed E-state index contributed by atoms with van der Waals surface area (Å²) in [6.07, 6.45) is 4.34. The van der Waals surface area contributed by atoms with Gasteiger partial charge in [0.2, 0.25) is 0 Å². The van der Waals surface area contributed by atoms with Crippen molar-refractivity contribution < 1.29 is 0 Å². The molecule has 0 radical (unpaired) electrons. The predicted octanol–water partition coefficient (Wildman–Crippen LogP) is 3.17. The van der Waals surface area contributed by atoms with E-state index in [4.69, 9.17) is 12.2 Å². The number of benzene rings is 1. The van der Waals surface area contributed by atoms with Crippen LogP contribution in [0, 0.1) is 0 Å². The zero-order valence-electron chi connectivity index (χ0n) is 12.5. The van der Waals surface area contributed by atoms with Crippen LogP contribution in [0.15, 0.2) is 48.7 Å². The van der Waals surface area contributed by atoms with Gasteiger partial charge in [0.05, 0.1) is 0 Å². The highest BCUT2D eigenvalue weighted by Crippen LogP contribution is 2.20. The molecule has 1 fully saturated rings. The molecule has 1 aliphatic heterocycles. The Morgan fingerprint density at radius 1 is 1.09 bits per heavy atom. The molecule has 0 aliphatic carbocycles. The number of aromatic nitrogens is 1. The number of hydrogen-bond acceptors (Lipinski definition) is 3. The lowest BCUT2D eigenvalue weighted by Crippen LogP contribution is -2.28. The third-order valence-electron chi connectivity index (χ3n) is 3.77. The smallest absolute Gasteiger partial charge is 0.172 e. The third-order valence-corrected chi connectivity index (χ3v) is 4.01. The van der Waals surface area contributed by atoms with Gasteiger partial charge in [-0.15, -0.1) is 0 Å². The van der Waals surface area contributed by atoms with Crippen LogP contribution in [0.2, 0.25) is 0 Å². The molecule has 5 heteroatoms. The summed E-state index contributed by atoms with van der Waals surface area (Å²) in [7, 11) is 0. The van der Waals surface area contributed by atoms with Crippen molar-refractivity contribution >= 4 is 28.8 Å². The second-order valence-corrected chi connectivity index (χ2v) is 5.79. The standard InChI is InChI=1S/C17H20N4S/c22-17(20-16-5-1-2-10-18-16)19-13-14-6-8-15(9-7-14)21-11-3-4-12-21/h1-2,5-10H,3-4,11-13H2,(H2,18,19,20,22). The minimum atomic E-state index is 0.585. The molecule has 1 aliphatic rings. The van der Waals surface area contributed by atoms with Crippen molar-refractivity contribution in [3.63, 3.8) is 0 Å². The van der Waals surface area contributed by atoms with Gasteiger partial charge in [-0.05, 0) is 54.9 Å². The molecule has 2 N–H and O–H groups in total. The van der Waals surface area contributed by atoms with Crippen LogP contribution >= 0.6 is 12.2 Å². The first-order chi connectivity index (χ1) is 10.8. The Labute approximate surface area is 136 Å². The fraction of sp³-hybridized carbons (Fsp3) is 0.294. The topological polar surface area (TPSA) is 40.2 Å². The molecule has 0 amide bonds. The maximum atomic E-state index is 5.28. The van der Waals surface area contributed by atoms with Crippen molar-refractivity contribution in [3.8, 4) is 0 Å². The largest absolute Gasteiger partial charge is 0.372 e. The second-order valence-electron chi connectivity index (χ2n) is 5.38. The van der Waals surface area contributed by atoms with Crippen LogP contribution in [0.1, 0.15) is 18.4 Å². The van der Waals surface area contributed by atoms with Gasteiger partial charge in [0.1, 0.15) is 5.82 Å². The SMILES string of the molecule is S=C(NCc1ccc(N2CCCC2)cc1)Nc1ccccn1. The number of nitrogens with zero attached hydrogens (tertiary/aromatic N) is 2. The van der Waals surface area contributed by atoms with Gasteiger partial charge in [0, 0.05) is 31.5 Å². The van der Waals surface area contributed by atoms with Crippen molar-refractivity contribution in [3.05, 3.63) is 54.2 Å². The summed E-state index contributed by atoms with van der Waals surface area (Å²) in [5, 5.41) is 6.86. The van der Waals surface area contributed by atoms with E-state index in [2.05, 4.69) is 44.8 Å². The van der Waals surface area contributed by atoms with E-state index >= 15 is 0 Å². The molecule has 4 nitrogen and oxygen atoms in total. The molecule has 0 atom stereocenters. The fourth-order valence-corrected chi connectivity index (χ4v) is 2.76. The number of nitrogens with one attached hydrogen (secondary N) is 2. The van der Waals surface area contributed by atoms with Gasteiger partial charge in [-0.25, -0.2) is 4.98 Å². The zero-order valence-corrected chi connectivity index (χ0v) is 13.3. The predicted molar refractivity (Wildman–Crippen MR) is 95.2 cm³/mol. The Morgan fingerprint density at radius 3 is 2.55 bits per heavy atom. The lowest BCUT2D eigenvalue weighted by molar-refractivity contribution is 0.920. The third kappa shape index (κ3) is 3.95. The maximum absolute atomic E-state index is 5.28. The fourth-order valence-electron chi connectivity index (χ4n) is 2.58. The summed E-state index contributed by atoms with van der Waals surface area (Å²) in [5.74, 6) is 0.754. The first-order valence-corrected chi connectivity index (χ1v) is 8.02. The summed E-state index contributed by atoms with van der Waals surface area (Å²) in [4.78, 5) is 6.62. The van der Waals surface area contributed by atoms with Crippen LogP contribution < -0.4 is 15.5 Å². The van der Waals surface area contributed by atoms with Crippen LogP contribution in [0.3, 0.4) is 0 Å². The molecular weight excluding hydrogens is 292 g/mol. The van der Waals surface area contributed by atoms with E-state index in [0.717, 1.165) is 5.82 Å². The van der Waals surface area contributed by atoms with Gasteiger partial charge in [0.15, 0.2) is 5.11 Å². The summed E-state index contributed by atoms with van der Waals surface area (Å²) >= 11 is 5.28. The Morgan fingerprint density at radius 2 is 1.86 bits per heavy atom. The molecule has 0 bridgehead atoms. The summed E-state index contributed by atoms with van der Waals surface area (Å²) < 4.78 is 0. The Hall–Kier alpha value is -2.14. The Bertz CT molecular complexity index is 606. The summed E-state index contributed by atoms with van der Waals surface area (Å²) in [6.45, 7) is 3.06. The van der Waals surface area contributed by atoms with Gasteiger partial charge in [-0.2, -0.15) is 0 Å². The average Bonchev–Trinajstić information content (AvgIpc) is 3.09. The molecule has 3 rings (SSSR count). The van der Waals surface area contributed by atoms with Crippen molar-refractivity contribution in [2.75, 3.05) is 23.3 Å². The molecule has 114 valence electrons. The van der Waals surface area contributed by atoms with E-state index in [1.165, 1.54) is 37.2 Å². The molecule has 1 aromatic carbocycles. The number of thiocarbonyl (C=S) groups is 1. The van der Waals surface area contributed by atoms with Crippen LogP contribution in [0.4, 0.5) is 11.5 Å². The van der Waals surface area contributed by atoms with E-state index in [0.29, 0.717) is 11.7 Å². The highest BCUT2D eigenvalue weighted by molar-refractivity contribution is 7.80. The number of anilines is 2. The molecule has 1 aromatic heterocycles. The number of pyridine rings is 1. The molecule has 2 heterocycles. The monoisotopic (exact) mass is 312 g/mol. The van der Waals surface area contributed by atoms with Crippen LogP contribution in [0.25, 0.3) is 0 Å². The van der Waals surface area contributed by atoms with E-state index in [1.54, 1.807) is 6.20 Å². The zero-order chi connectivity index (χ0) is 15.2. The van der Waals surface area contributed by atoms with Crippen molar-refractivity contribution in [1.82, 2.24) is 10.3 Å². The number of rotatable bonds is 4. The molecule has 1 saturated heterocycles.